The average Bonchev–Trinajstić information content (AvgIpc) is 2.68. The van der Waals surface area contributed by atoms with Crippen LogP contribution < -0.4 is 0 Å². The highest BCUT2D eigenvalue weighted by atomic mass is 16.4. The van der Waals surface area contributed by atoms with Crippen LogP contribution in [-0.2, 0) is 0 Å². The molecular weight excluding hydrogens is 182 g/mol. The van der Waals surface area contributed by atoms with E-state index in [0.29, 0.717) is 5.76 Å². The van der Waals surface area contributed by atoms with Crippen molar-refractivity contribution in [3.8, 4) is 11.3 Å². The van der Waals surface area contributed by atoms with Crippen LogP contribution in [0.4, 0.5) is 0 Å². The van der Waals surface area contributed by atoms with E-state index in [4.69, 9.17) is 9.52 Å². The Bertz CT molecular complexity index is 447. The predicted molar refractivity (Wildman–Crippen MR) is 47.7 cm³/mol. The van der Waals surface area contributed by atoms with E-state index < -0.39 is 5.97 Å². The van der Waals surface area contributed by atoms with Crippen molar-refractivity contribution in [2.45, 2.75) is 0 Å². The fourth-order valence-corrected chi connectivity index (χ4v) is 1.05. The van der Waals surface area contributed by atoms with Gasteiger partial charge in [0, 0.05) is 5.56 Å². The highest BCUT2D eigenvalue weighted by molar-refractivity contribution is 5.82. The summed E-state index contributed by atoms with van der Waals surface area (Å²) in [6.07, 6.45) is 2.51. The van der Waals surface area contributed by atoms with Gasteiger partial charge in [-0.2, -0.15) is 0 Å². The molecule has 69 valence electrons. The first-order valence-corrected chi connectivity index (χ1v) is 3.94. The molecule has 4 nitrogen and oxygen atoms in total. The van der Waals surface area contributed by atoms with Crippen LogP contribution in [0.3, 0.4) is 0 Å². The fraction of sp³-hybridized carbons (Fsp3) is 0. The second-order valence-electron chi connectivity index (χ2n) is 2.63. The fourth-order valence-electron chi connectivity index (χ4n) is 1.05. The summed E-state index contributed by atoms with van der Waals surface area (Å²) in [6, 6.07) is 9.10. The first-order valence-electron chi connectivity index (χ1n) is 3.94. The summed E-state index contributed by atoms with van der Waals surface area (Å²) in [6.45, 7) is 0. The number of hydrogen-bond donors (Lipinski definition) is 1. The van der Waals surface area contributed by atoms with Crippen LogP contribution in [0.1, 0.15) is 10.7 Å². The molecule has 2 aromatic rings. The molecule has 1 aromatic heterocycles. The largest absolute Gasteiger partial charge is 0.474 e. The van der Waals surface area contributed by atoms with E-state index in [2.05, 4.69) is 11.2 Å². The van der Waals surface area contributed by atoms with Crippen molar-refractivity contribution < 1.29 is 14.3 Å². The number of aromatic carboxylic acids is 1. The number of benzene rings is 1. The summed E-state index contributed by atoms with van der Waals surface area (Å²) >= 11 is 0. The molecule has 0 saturated heterocycles. The minimum absolute atomic E-state index is 0.336. The summed E-state index contributed by atoms with van der Waals surface area (Å²) in [5.74, 6) is -1.20. The van der Waals surface area contributed by atoms with Gasteiger partial charge in [0.2, 0.25) is 0 Å². The van der Waals surface area contributed by atoms with Crippen LogP contribution in [-0.4, -0.2) is 16.1 Å². The molecule has 2 rings (SSSR count). The standard InChI is InChI=1S/C10H6NO3/c12-10(13)9-11-6-8(14-9)7-4-2-1-3-5-7/h1-5H,(H,12,13). The van der Waals surface area contributed by atoms with Gasteiger partial charge in [-0.05, 0) is 0 Å². The molecule has 0 aliphatic carbocycles. The first-order chi connectivity index (χ1) is 6.77. The summed E-state index contributed by atoms with van der Waals surface area (Å²) in [5, 5.41) is 8.57. The number of hydrogen-bond acceptors (Lipinski definition) is 3. The zero-order valence-electron chi connectivity index (χ0n) is 7.10. The van der Waals surface area contributed by atoms with Crippen molar-refractivity contribution >= 4 is 5.97 Å². The smallest absolute Gasteiger partial charge is 0.392 e. The quantitative estimate of drug-likeness (QED) is 0.780. The Morgan fingerprint density at radius 2 is 2.07 bits per heavy atom. The number of aromatic nitrogens is 1. The number of oxazole rings is 1. The molecule has 0 unspecified atom stereocenters. The van der Waals surface area contributed by atoms with Crippen LogP contribution >= 0.6 is 0 Å². The molecule has 0 saturated carbocycles. The van der Waals surface area contributed by atoms with Crippen LogP contribution in [0.2, 0.25) is 0 Å². The van der Waals surface area contributed by atoms with Gasteiger partial charge in [0.25, 0.3) is 0 Å². The normalized spacial score (nSPS) is 10.0. The maximum absolute atomic E-state index is 10.5. The molecule has 0 aliphatic rings. The number of nitrogens with zero attached hydrogens (tertiary/aromatic N) is 1. The lowest BCUT2D eigenvalue weighted by molar-refractivity contribution is 0.0654. The molecule has 0 amide bonds. The Morgan fingerprint density at radius 1 is 1.36 bits per heavy atom. The van der Waals surface area contributed by atoms with Crippen molar-refractivity contribution in [1.29, 1.82) is 0 Å². The zero-order valence-corrected chi connectivity index (χ0v) is 7.10. The van der Waals surface area contributed by atoms with E-state index >= 15 is 0 Å². The van der Waals surface area contributed by atoms with E-state index in [1.807, 2.05) is 18.2 Å². The highest BCUT2D eigenvalue weighted by Gasteiger charge is 2.12. The third kappa shape index (κ3) is 1.50. The molecule has 0 aliphatic heterocycles. The molecule has 1 heterocycles. The summed E-state index contributed by atoms with van der Waals surface area (Å²) in [7, 11) is 0. The first kappa shape index (κ1) is 8.50. The monoisotopic (exact) mass is 188 g/mol. The Hall–Kier alpha value is -2.10. The van der Waals surface area contributed by atoms with Crippen molar-refractivity contribution in [3.63, 3.8) is 0 Å². The second kappa shape index (κ2) is 3.33. The third-order valence-electron chi connectivity index (χ3n) is 1.68. The molecule has 0 spiro atoms. The van der Waals surface area contributed by atoms with Gasteiger partial charge in [0.05, 0.1) is 0 Å². The maximum Gasteiger partial charge on any atom is 0.392 e. The van der Waals surface area contributed by atoms with E-state index in [1.165, 1.54) is 0 Å². The predicted octanol–water partition coefficient (Wildman–Crippen LogP) is 1.84. The van der Waals surface area contributed by atoms with Crippen LogP contribution in [0.5, 0.6) is 0 Å². The van der Waals surface area contributed by atoms with Gasteiger partial charge in [-0.3, -0.25) is 0 Å². The van der Waals surface area contributed by atoms with Gasteiger partial charge in [-0.25, -0.2) is 9.78 Å². The molecule has 14 heavy (non-hydrogen) atoms. The summed E-state index contributed by atoms with van der Waals surface area (Å²) in [4.78, 5) is 14.0. The Labute approximate surface area is 79.8 Å². The number of carboxylic acid groups (broad SMARTS) is 1. The molecular formula is C10H6NO3. The Kier molecular flexibility index (Phi) is 2.02. The lowest BCUT2D eigenvalue weighted by atomic mass is 10.2. The van der Waals surface area contributed by atoms with E-state index in [0.717, 1.165) is 5.56 Å². The highest BCUT2D eigenvalue weighted by Crippen LogP contribution is 2.18. The lowest BCUT2D eigenvalue weighted by Gasteiger charge is -1.92. The van der Waals surface area contributed by atoms with Crippen LogP contribution in [0, 0.1) is 6.20 Å². The van der Waals surface area contributed by atoms with Gasteiger partial charge in [0.15, 0.2) is 5.76 Å². The SMILES string of the molecule is O=C(O)c1n[c]c(-c2ccccc2)o1. The van der Waals surface area contributed by atoms with Gasteiger partial charge in [-0.15, -0.1) is 0 Å². The molecule has 1 N–H and O–H groups in total. The van der Waals surface area contributed by atoms with E-state index in [1.54, 1.807) is 12.1 Å². The van der Waals surface area contributed by atoms with E-state index in [9.17, 15) is 4.79 Å². The topological polar surface area (TPSA) is 63.3 Å². The van der Waals surface area contributed by atoms with Gasteiger partial charge >= 0.3 is 11.9 Å². The molecule has 1 radical (unpaired) electrons. The average molecular weight is 188 g/mol. The molecule has 4 heteroatoms. The van der Waals surface area contributed by atoms with Crippen molar-refractivity contribution in [2.24, 2.45) is 0 Å². The molecule has 0 fully saturated rings. The summed E-state index contributed by atoms with van der Waals surface area (Å²) in [5.41, 5.74) is 0.757. The Morgan fingerprint density at radius 3 is 2.64 bits per heavy atom. The summed E-state index contributed by atoms with van der Waals surface area (Å²) < 4.78 is 4.96. The number of rotatable bonds is 2. The third-order valence-corrected chi connectivity index (χ3v) is 1.68. The van der Waals surface area contributed by atoms with Crippen molar-refractivity contribution in [3.05, 3.63) is 42.4 Å². The molecule has 0 atom stereocenters. The maximum atomic E-state index is 10.5. The lowest BCUT2D eigenvalue weighted by Crippen LogP contribution is -1.94. The number of carboxylic acids is 1. The van der Waals surface area contributed by atoms with Crippen LogP contribution in [0.25, 0.3) is 11.3 Å². The van der Waals surface area contributed by atoms with Crippen molar-refractivity contribution in [2.75, 3.05) is 0 Å². The van der Waals surface area contributed by atoms with E-state index in [-0.39, 0.29) is 5.89 Å². The minimum atomic E-state index is -1.19. The minimum Gasteiger partial charge on any atom is -0.474 e. The number of carbonyl (C=O) groups is 1. The molecule has 1 aromatic carbocycles. The Balaban J connectivity index is 2.39. The van der Waals surface area contributed by atoms with Crippen LogP contribution in [0.15, 0.2) is 34.7 Å². The van der Waals surface area contributed by atoms with Gasteiger partial charge in [-0.1, -0.05) is 30.3 Å². The molecule has 0 bridgehead atoms. The van der Waals surface area contributed by atoms with Crippen molar-refractivity contribution in [1.82, 2.24) is 4.98 Å². The zero-order chi connectivity index (χ0) is 9.97. The second-order valence-corrected chi connectivity index (χ2v) is 2.63. The van der Waals surface area contributed by atoms with Gasteiger partial charge in [0.1, 0.15) is 6.20 Å². The van der Waals surface area contributed by atoms with Gasteiger partial charge < -0.3 is 9.52 Å².